The molecule has 104 valence electrons. The second kappa shape index (κ2) is 6.37. The van der Waals surface area contributed by atoms with Gasteiger partial charge in [-0.1, -0.05) is 23.7 Å². The lowest BCUT2D eigenvalue weighted by molar-refractivity contribution is 0.0994. The van der Waals surface area contributed by atoms with Crippen LogP contribution in [-0.4, -0.2) is 11.0 Å². The van der Waals surface area contributed by atoms with Crippen LogP contribution in [0.5, 0.6) is 0 Å². The first-order valence-electron chi connectivity index (χ1n) is 5.89. The number of halogens is 3. The van der Waals surface area contributed by atoms with E-state index in [4.69, 9.17) is 11.6 Å². The lowest BCUT2D eigenvalue weighted by Crippen LogP contribution is -2.13. The van der Waals surface area contributed by atoms with Crippen molar-refractivity contribution in [3.05, 3.63) is 64.7 Å². The van der Waals surface area contributed by atoms with Crippen LogP contribution >= 0.6 is 23.4 Å². The third-order valence-corrected chi connectivity index (χ3v) is 4.06. The highest BCUT2D eigenvalue weighted by atomic mass is 35.5. The molecule has 0 aromatic heterocycles. The van der Waals surface area contributed by atoms with Crippen molar-refractivity contribution >= 4 is 29.1 Å². The first-order chi connectivity index (χ1) is 9.47. The average molecular weight is 313 g/mol. The number of ketones is 1. The number of carbonyl (C=O) groups is 1. The maximum atomic E-state index is 13.5. The van der Waals surface area contributed by atoms with Gasteiger partial charge in [0, 0.05) is 21.5 Å². The van der Waals surface area contributed by atoms with Gasteiger partial charge >= 0.3 is 0 Å². The van der Waals surface area contributed by atoms with Gasteiger partial charge < -0.3 is 0 Å². The molecule has 5 heteroatoms. The molecule has 2 aromatic rings. The van der Waals surface area contributed by atoms with Crippen molar-refractivity contribution in [2.75, 3.05) is 0 Å². The van der Waals surface area contributed by atoms with Gasteiger partial charge in [0.25, 0.3) is 0 Å². The smallest absolute Gasteiger partial charge is 0.175 e. The van der Waals surface area contributed by atoms with Crippen LogP contribution in [0, 0.1) is 11.6 Å². The van der Waals surface area contributed by atoms with E-state index < -0.39 is 16.9 Å². The van der Waals surface area contributed by atoms with Gasteiger partial charge in [0.05, 0.1) is 5.25 Å². The van der Waals surface area contributed by atoms with Gasteiger partial charge in [-0.15, -0.1) is 11.8 Å². The van der Waals surface area contributed by atoms with E-state index in [2.05, 4.69) is 0 Å². The minimum atomic E-state index is -0.666. The van der Waals surface area contributed by atoms with Crippen molar-refractivity contribution < 1.29 is 13.6 Å². The number of rotatable bonds is 4. The van der Waals surface area contributed by atoms with E-state index in [0.717, 1.165) is 17.8 Å². The zero-order valence-corrected chi connectivity index (χ0v) is 12.1. The fraction of sp³-hybridized carbons (Fsp3) is 0.133. The van der Waals surface area contributed by atoms with Crippen LogP contribution in [0.1, 0.15) is 17.3 Å². The molecule has 0 N–H and O–H groups in total. The van der Waals surface area contributed by atoms with E-state index in [1.165, 1.54) is 12.1 Å². The molecule has 0 saturated carbocycles. The molecule has 0 aliphatic rings. The summed E-state index contributed by atoms with van der Waals surface area (Å²) in [7, 11) is 0. The van der Waals surface area contributed by atoms with E-state index in [1.807, 2.05) is 0 Å². The van der Waals surface area contributed by atoms with Crippen molar-refractivity contribution in [1.82, 2.24) is 0 Å². The molecule has 0 aliphatic heterocycles. The van der Waals surface area contributed by atoms with Gasteiger partial charge in [0.1, 0.15) is 11.6 Å². The van der Waals surface area contributed by atoms with Crippen molar-refractivity contribution in [2.24, 2.45) is 0 Å². The van der Waals surface area contributed by atoms with Gasteiger partial charge in [0.2, 0.25) is 0 Å². The SMILES string of the molecule is CC(Sc1ccc(F)cc1F)C(=O)c1cccc(Cl)c1. The zero-order chi connectivity index (χ0) is 14.7. The lowest BCUT2D eigenvalue weighted by atomic mass is 10.1. The Kier molecular flexibility index (Phi) is 4.78. The highest BCUT2D eigenvalue weighted by Gasteiger charge is 2.18. The Hall–Kier alpha value is -1.39. The molecule has 1 unspecified atom stereocenters. The summed E-state index contributed by atoms with van der Waals surface area (Å²) >= 11 is 6.89. The molecule has 0 amide bonds. The highest BCUT2D eigenvalue weighted by molar-refractivity contribution is 8.00. The zero-order valence-electron chi connectivity index (χ0n) is 10.6. The average Bonchev–Trinajstić information content (AvgIpc) is 2.41. The number of carbonyl (C=O) groups excluding carboxylic acids is 1. The predicted molar refractivity (Wildman–Crippen MR) is 77.5 cm³/mol. The van der Waals surface area contributed by atoms with Gasteiger partial charge in [-0.25, -0.2) is 8.78 Å². The molecule has 0 bridgehead atoms. The standard InChI is InChI=1S/C15H11ClF2OS/c1-9(15(19)10-3-2-4-11(16)7-10)20-14-6-5-12(17)8-13(14)18/h2-9H,1H3. The largest absolute Gasteiger partial charge is 0.293 e. The molecule has 0 aliphatic carbocycles. The Morgan fingerprint density at radius 1 is 1.20 bits per heavy atom. The summed E-state index contributed by atoms with van der Waals surface area (Å²) in [5.41, 5.74) is 0.472. The molecule has 1 atom stereocenters. The Morgan fingerprint density at radius 3 is 2.60 bits per heavy atom. The Morgan fingerprint density at radius 2 is 1.95 bits per heavy atom. The van der Waals surface area contributed by atoms with Crippen LogP contribution < -0.4 is 0 Å². The first-order valence-corrected chi connectivity index (χ1v) is 7.14. The fourth-order valence-corrected chi connectivity index (χ4v) is 2.82. The second-order valence-electron chi connectivity index (χ2n) is 4.21. The first kappa shape index (κ1) is 15.0. The van der Waals surface area contributed by atoms with Gasteiger partial charge in [-0.05, 0) is 31.2 Å². The van der Waals surface area contributed by atoms with Crippen molar-refractivity contribution in [1.29, 1.82) is 0 Å². The molecule has 0 spiro atoms. The van der Waals surface area contributed by atoms with Crippen LogP contribution in [0.4, 0.5) is 8.78 Å². The molecule has 0 heterocycles. The quantitative estimate of drug-likeness (QED) is 0.585. The van der Waals surface area contributed by atoms with Gasteiger partial charge in [0.15, 0.2) is 5.78 Å². The Labute approximate surface area is 125 Å². The molecule has 0 radical (unpaired) electrons. The van der Waals surface area contributed by atoms with Crippen LogP contribution in [0.25, 0.3) is 0 Å². The number of thioether (sulfide) groups is 1. The molecular formula is C15H11ClF2OS. The van der Waals surface area contributed by atoms with Crippen LogP contribution in [0.3, 0.4) is 0 Å². The summed E-state index contributed by atoms with van der Waals surface area (Å²) in [6.07, 6.45) is 0. The maximum absolute atomic E-state index is 13.5. The third-order valence-electron chi connectivity index (χ3n) is 2.68. The predicted octanol–water partition coefficient (Wildman–Crippen LogP) is 4.98. The molecular weight excluding hydrogens is 302 g/mol. The maximum Gasteiger partial charge on any atom is 0.175 e. The molecule has 2 aromatic carbocycles. The molecule has 1 nitrogen and oxygen atoms in total. The lowest BCUT2D eigenvalue weighted by Gasteiger charge is -2.11. The number of hydrogen-bond donors (Lipinski definition) is 0. The van der Waals surface area contributed by atoms with E-state index >= 15 is 0 Å². The molecule has 20 heavy (non-hydrogen) atoms. The number of Topliss-reactive ketones (excluding diaryl/α,β-unsaturated/α-hetero) is 1. The number of benzene rings is 2. The van der Waals surface area contributed by atoms with Crippen LogP contribution in [0.15, 0.2) is 47.4 Å². The summed E-state index contributed by atoms with van der Waals surface area (Å²) in [6.45, 7) is 1.68. The van der Waals surface area contributed by atoms with Crippen molar-refractivity contribution in [3.8, 4) is 0 Å². The third kappa shape index (κ3) is 3.58. The monoisotopic (exact) mass is 312 g/mol. The normalized spacial score (nSPS) is 12.2. The Balaban J connectivity index is 2.15. The van der Waals surface area contributed by atoms with Crippen molar-refractivity contribution in [2.45, 2.75) is 17.1 Å². The second-order valence-corrected chi connectivity index (χ2v) is 6.03. The molecule has 0 saturated heterocycles. The van der Waals surface area contributed by atoms with Gasteiger partial charge in [-0.3, -0.25) is 4.79 Å². The van der Waals surface area contributed by atoms with E-state index in [9.17, 15) is 13.6 Å². The summed E-state index contributed by atoms with van der Waals surface area (Å²) < 4.78 is 26.4. The number of hydrogen-bond acceptors (Lipinski definition) is 2. The van der Waals surface area contributed by atoms with Crippen LogP contribution in [0.2, 0.25) is 5.02 Å². The van der Waals surface area contributed by atoms with Crippen molar-refractivity contribution in [3.63, 3.8) is 0 Å². The summed E-state index contributed by atoms with van der Waals surface area (Å²) in [6, 6.07) is 9.90. The van der Waals surface area contributed by atoms with E-state index in [0.29, 0.717) is 10.6 Å². The minimum Gasteiger partial charge on any atom is -0.293 e. The van der Waals surface area contributed by atoms with Crippen LogP contribution in [-0.2, 0) is 0 Å². The topological polar surface area (TPSA) is 17.1 Å². The van der Waals surface area contributed by atoms with Gasteiger partial charge in [-0.2, -0.15) is 0 Å². The summed E-state index contributed by atoms with van der Waals surface area (Å²) in [5, 5.41) is -0.0190. The fourth-order valence-electron chi connectivity index (χ4n) is 1.69. The Bertz CT molecular complexity index is 646. The minimum absolute atomic E-state index is 0.152. The summed E-state index contributed by atoms with van der Waals surface area (Å²) in [5.74, 6) is -1.46. The van der Waals surface area contributed by atoms with E-state index in [-0.39, 0.29) is 10.7 Å². The molecule has 2 rings (SSSR count). The summed E-state index contributed by atoms with van der Waals surface area (Å²) in [4.78, 5) is 12.4. The highest BCUT2D eigenvalue weighted by Crippen LogP contribution is 2.28. The molecule has 0 fully saturated rings. The van der Waals surface area contributed by atoms with E-state index in [1.54, 1.807) is 31.2 Å².